The van der Waals surface area contributed by atoms with Gasteiger partial charge < -0.3 is 5.32 Å². The second-order valence-electron chi connectivity index (χ2n) is 4.56. The number of carbonyl (C=O) groups is 1. The predicted molar refractivity (Wildman–Crippen MR) is 72.2 cm³/mol. The van der Waals surface area contributed by atoms with Gasteiger partial charge in [0.25, 0.3) is 5.91 Å². The molecule has 2 atom stereocenters. The molecule has 96 valence electrons. The predicted octanol–water partition coefficient (Wildman–Crippen LogP) is 3.11. The fourth-order valence-corrected chi connectivity index (χ4v) is 1.88. The lowest BCUT2D eigenvalue weighted by atomic mass is 9.96. The molecule has 0 bridgehead atoms. The average Bonchev–Trinajstić information content (AvgIpc) is 2.43. The molecule has 1 rings (SSSR count). The average molecular weight is 244 g/mol. The third-order valence-corrected chi connectivity index (χ3v) is 3.36. The Morgan fingerprint density at radius 1 is 1.28 bits per heavy atom. The summed E-state index contributed by atoms with van der Waals surface area (Å²) in [5, 5.41) is 11.8. The normalized spacial score (nSPS) is 13.4. The fourth-order valence-electron chi connectivity index (χ4n) is 1.88. The zero-order chi connectivity index (χ0) is 13.5. The summed E-state index contributed by atoms with van der Waals surface area (Å²) in [5.41, 5.74) is 1.18. The number of nitriles is 1. The molecule has 0 spiro atoms. The van der Waals surface area contributed by atoms with Gasteiger partial charge in [-0.2, -0.15) is 5.26 Å². The van der Waals surface area contributed by atoms with Crippen LogP contribution in [0.2, 0.25) is 0 Å². The van der Waals surface area contributed by atoms with Gasteiger partial charge >= 0.3 is 0 Å². The number of hydrogen-bond donors (Lipinski definition) is 1. The van der Waals surface area contributed by atoms with Gasteiger partial charge in [-0.05, 0) is 36.6 Å². The van der Waals surface area contributed by atoms with Gasteiger partial charge in [0.1, 0.15) is 0 Å². The van der Waals surface area contributed by atoms with Crippen LogP contribution >= 0.6 is 0 Å². The molecule has 1 N–H and O–H groups in total. The van der Waals surface area contributed by atoms with Gasteiger partial charge in [0.15, 0.2) is 0 Å². The lowest BCUT2D eigenvalue weighted by Gasteiger charge is -2.22. The van der Waals surface area contributed by atoms with Gasteiger partial charge in [0.05, 0.1) is 11.6 Å². The largest absolute Gasteiger partial charge is 0.349 e. The minimum absolute atomic E-state index is 0.0633. The number of nitrogens with zero attached hydrogens (tertiary/aromatic N) is 1. The Hall–Kier alpha value is -1.82. The van der Waals surface area contributed by atoms with E-state index < -0.39 is 0 Å². The van der Waals surface area contributed by atoms with E-state index in [1.165, 1.54) is 0 Å². The van der Waals surface area contributed by atoms with E-state index in [0.717, 1.165) is 12.8 Å². The Labute approximate surface area is 109 Å². The molecule has 0 aliphatic heterocycles. The van der Waals surface area contributed by atoms with Gasteiger partial charge in [-0.15, -0.1) is 0 Å². The van der Waals surface area contributed by atoms with Crippen molar-refractivity contribution in [2.24, 2.45) is 5.92 Å². The monoisotopic (exact) mass is 244 g/mol. The third-order valence-electron chi connectivity index (χ3n) is 3.36. The maximum Gasteiger partial charge on any atom is 0.251 e. The highest BCUT2D eigenvalue weighted by atomic mass is 16.1. The summed E-state index contributed by atoms with van der Waals surface area (Å²) in [6.07, 6.45) is 1.98. The zero-order valence-electron chi connectivity index (χ0n) is 11.2. The molecule has 1 aromatic carbocycles. The molecule has 18 heavy (non-hydrogen) atoms. The van der Waals surface area contributed by atoms with Crippen LogP contribution in [0.3, 0.4) is 0 Å². The molecule has 0 fully saturated rings. The Morgan fingerprint density at radius 2 is 1.89 bits per heavy atom. The lowest BCUT2D eigenvalue weighted by Crippen LogP contribution is -2.38. The summed E-state index contributed by atoms with van der Waals surface area (Å²) < 4.78 is 0. The minimum Gasteiger partial charge on any atom is -0.349 e. The van der Waals surface area contributed by atoms with Gasteiger partial charge in [0.2, 0.25) is 0 Å². The number of nitrogens with one attached hydrogen (secondary N) is 1. The van der Waals surface area contributed by atoms with E-state index in [9.17, 15) is 4.79 Å². The van der Waals surface area contributed by atoms with Crippen molar-refractivity contribution in [3.05, 3.63) is 35.4 Å². The van der Waals surface area contributed by atoms with Crippen molar-refractivity contribution in [3.63, 3.8) is 0 Å². The van der Waals surface area contributed by atoms with Crippen molar-refractivity contribution in [1.29, 1.82) is 5.26 Å². The SMILES string of the molecule is CCC(C)C(CC)NC(=O)c1ccc(C#N)cc1. The van der Waals surface area contributed by atoms with Gasteiger partial charge in [0, 0.05) is 11.6 Å². The first-order chi connectivity index (χ1) is 8.62. The van der Waals surface area contributed by atoms with Crippen LogP contribution in [-0.2, 0) is 0 Å². The van der Waals surface area contributed by atoms with E-state index in [1.807, 2.05) is 6.07 Å². The van der Waals surface area contributed by atoms with E-state index in [4.69, 9.17) is 5.26 Å². The van der Waals surface area contributed by atoms with Crippen molar-refractivity contribution < 1.29 is 4.79 Å². The van der Waals surface area contributed by atoms with Crippen LogP contribution in [0, 0.1) is 17.2 Å². The standard InChI is InChI=1S/C15H20N2O/c1-4-11(3)14(5-2)17-15(18)13-8-6-12(10-16)7-9-13/h6-9,11,14H,4-5H2,1-3H3,(H,17,18). The van der Waals surface area contributed by atoms with Gasteiger partial charge in [-0.3, -0.25) is 4.79 Å². The summed E-state index contributed by atoms with van der Waals surface area (Å²) in [6, 6.07) is 8.96. The molecule has 1 amide bonds. The van der Waals surface area contributed by atoms with Crippen LogP contribution < -0.4 is 5.32 Å². The number of carbonyl (C=O) groups excluding carboxylic acids is 1. The first-order valence-corrected chi connectivity index (χ1v) is 6.43. The first-order valence-electron chi connectivity index (χ1n) is 6.43. The van der Waals surface area contributed by atoms with E-state index in [-0.39, 0.29) is 11.9 Å². The Balaban J connectivity index is 2.72. The summed E-state index contributed by atoms with van der Waals surface area (Å²) >= 11 is 0. The summed E-state index contributed by atoms with van der Waals surface area (Å²) in [5.74, 6) is 0.406. The zero-order valence-corrected chi connectivity index (χ0v) is 11.2. The van der Waals surface area contributed by atoms with Crippen molar-refractivity contribution in [2.75, 3.05) is 0 Å². The second-order valence-corrected chi connectivity index (χ2v) is 4.56. The minimum atomic E-state index is -0.0633. The molecular formula is C15H20N2O. The van der Waals surface area contributed by atoms with E-state index in [1.54, 1.807) is 24.3 Å². The van der Waals surface area contributed by atoms with Crippen LogP contribution in [0.15, 0.2) is 24.3 Å². The van der Waals surface area contributed by atoms with Crippen LogP contribution in [-0.4, -0.2) is 11.9 Å². The van der Waals surface area contributed by atoms with Crippen molar-refractivity contribution in [2.45, 2.75) is 39.7 Å². The highest BCUT2D eigenvalue weighted by Crippen LogP contribution is 2.12. The molecule has 0 aromatic heterocycles. The van der Waals surface area contributed by atoms with E-state index in [0.29, 0.717) is 17.0 Å². The van der Waals surface area contributed by atoms with Crippen molar-refractivity contribution in [3.8, 4) is 6.07 Å². The summed E-state index contributed by atoms with van der Waals surface area (Å²) in [6.45, 7) is 6.35. The molecule has 0 saturated carbocycles. The van der Waals surface area contributed by atoms with Crippen LogP contribution in [0.25, 0.3) is 0 Å². The summed E-state index contributed by atoms with van der Waals surface area (Å²) in [4.78, 5) is 12.0. The Morgan fingerprint density at radius 3 is 2.33 bits per heavy atom. The highest BCUT2D eigenvalue weighted by molar-refractivity contribution is 5.94. The maximum atomic E-state index is 12.0. The van der Waals surface area contributed by atoms with Crippen LogP contribution in [0.5, 0.6) is 0 Å². The molecule has 0 heterocycles. The number of hydrogen-bond acceptors (Lipinski definition) is 2. The number of amides is 1. The highest BCUT2D eigenvalue weighted by Gasteiger charge is 2.16. The van der Waals surface area contributed by atoms with Crippen LogP contribution in [0.1, 0.15) is 49.5 Å². The molecule has 3 nitrogen and oxygen atoms in total. The van der Waals surface area contributed by atoms with E-state index >= 15 is 0 Å². The first kappa shape index (κ1) is 14.2. The molecule has 0 saturated heterocycles. The van der Waals surface area contributed by atoms with Crippen molar-refractivity contribution >= 4 is 5.91 Å². The quantitative estimate of drug-likeness (QED) is 0.865. The molecular weight excluding hydrogens is 224 g/mol. The van der Waals surface area contributed by atoms with Crippen molar-refractivity contribution in [1.82, 2.24) is 5.32 Å². The molecule has 2 unspecified atom stereocenters. The van der Waals surface area contributed by atoms with Gasteiger partial charge in [-0.25, -0.2) is 0 Å². The fraction of sp³-hybridized carbons (Fsp3) is 0.467. The third kappa shape index (κ3) is 3.59. The summed E-state index contributed by atoms with van der Waals surface area (Å²) in [7, 11) is 0. The smallest absolute Gasteiger partial charge is 0.251 e. The second kappa shape index (κ2) is 6.80. The molecule has 0 aliphatic carbocycles. The molecule has 1 aromatic rings. The lowest BCUT2D eigenvalue weighted by molar-refractivity contribution is 0.0922. The van der Waals surface area contributed by atoms with Crippen LogP contribution in [0.4, 0.5) is 0 Å². The maximum absolute atomic E-state index is 12.0. The van der Waals surface area contributed by atoms with E-state index in [2.05, 4.69) is 26.1 Å². The Bertz CT molecular complexity index is 431. The molecule has 0 aliphatic rings. The Kier molecular flexibility index (Phi) is 5.38. The topological polar surface area (TPSA) is 52.9 Å². The number of benzene rings is 1. The molecule has 0 radical (unpaired) electrons. The van der Waals surface area contributed by atoms with Gasteiger partial charge in [-0.1, -0.05) is 27.2 Å². The number of rotatable bonds is 5. The molecule has 3 heteroatoms.